The molecule has 0 aromatic heterocycles. The number of benzene rings is 2. The van der Waals surface area contributed by atoms with E-state index in [-0.39, 0.29) is 29.9 Å². The fourth-order valence-electron chi connectivity index (χ4n) is 3.54. The van der Waals surface area contributed by atoms with Crippen LogP contribution >= 0.6 is 0 Å². The van der Waals surface area contributed by atoms with Crippen molar-refractivity contribution in [3.63, 3.8) is 0 Å². The maximum Gasteiger partial charge on any atom is 0.338 e. The van der Waals surface area contributed by atoms with Gasteiger partial charge in [0.05, 0.1) is 17.7 Å². The third kappa shape index (κ3) is 5.95. The van der Waals surface area contributed by atoms with Gasteiger partial charge in [-0.3, -0.25) is 0 Å². The maximum absolute atomic E-state index is 12.5. The highest BCUT2D eigenvalue weighted by Gasteiger charge is 2.30. The van der Waals surface area contributed by atoms with E-state index in [2.05, 4.69) is 13.8 Å². The molecule has 4 heteroatoms. The van der Waals surface area contributed by atoms with E-state index in [0.29, 0.717) is 17.7 Å². The molecule has 0 fully saturated rings. The van der Waals surface area contributed by atoms with Crippen LogP contribution in [0.2, 0.25) is 0 Å². The van der Waals surface area contributed by atoms with Gasteiger partial charge in [0.1, 0.15) is 6.10 Å². The summed E-state index contributed by atoms with van der Waals surface area (Å²) in [5.74, 6) is -0.359. The Morgan fingerprint density at radius 3 is 1.75 bits per heavy atom. The van der Waals surface area contributed by atoms with Crippen LogP contribution in [-0.2, 0) is 9.47 Å². The molecule has 0 aliphatic heterocycles. The summed E-state index contributed by atoms with van der Waals surface area (Å²) in [5, 5.41) is 0. The first-order chi connectivity index (χ1) is 13.6. The number of hydrogen-bond donors (Lipinski definition) is 0. The minimum atomic E-state index is -0.316. The molecular weight excluding hydrogens is 352 g/mol. The minimum Gasteiger partial charge on any atom is -0.462 e. The molecule has 28 heavy (non-hydrogen) atoms. The Kier molecular flexibility index (Phi) is 8.73. The summed E-state index contributed by atoms with van der Waals surface area (Å²) in [6.45, 7) is 6.51. The summed E-state index contributed by atoms with van der Waals surface area (Å²) < 4.78 is 11.4. The third-order valence-electron chi connectivity index (χ3n) is 5.19. The normalized spacial score (nSPS) is 14.0. The summed E-state index contributed by atoms with van der Waals surface area (Å²) in [6, 6.07) is 18.0. The Labute approximate surface area is 167 Å². The molecule has 0 N–H and O–H groups in total. The summed E-state index contributed by atoms with van der Waals surface area (Å²) >= 11 is 0. The molecule has 0 saturated carbocycles. The monoisotopic (exact) mass is 382 g/mol. The van der Waals surface area contributed by atoms with E-state index >= 15 is 0 Å². The van der Waals surface area contributed by atoms with Gasteiger partial charge in [0.2, 0.25) is 0 Å². The van der Waals surface area contributed by atoms with Gasteiger partial charge in [-0.1, -0.05) is 57.2 Å². The van der Waals surface area contributed by atoms with Gasteiger partial charge in [-0.25, -0.2) is 9.59 Å². The average molecular weight is 383 g/mol. The van der Waals surface area contributed by atoms with Crippen molar-refractivity contribution in [2.24, 2.45) is 11.8 Å². The summed E-state index contributed by atoms with van der Waals surface area (Å²) in [7, 11) is 0. The van der Waals surface area contributed by atoms with Crippen LogP contribution in [0.3, 0.4) is 0 Å². The van der Waals surface area contributed by atoms with Crippen LogP contribution in [0.5, 0.6) is 0 Å². The molecule has 0 radical (unpaired) electrons. The molecular formula is C24H30O4. The van der Waals surface area contributed by atoms with E-state index in [9.17, 15) is 9.59 Å². The highest BCUT2D eigenvalue weighted by Crippen LogP contribution is 2.28. The third-order valence-corrected chi connectivity index (χ3v) is 5.19. The van der Waals surface area contributed by atoms with Crippen LogP contribution in [0.25, 0.3) is 0 Å². The van der Waals surface area contributed by atoms with Gasteiger partial charge in [-0.05, 0) is 49.4 Å². The Balaban J connectivity index is 2.02. The largest absolute Gasteiger partial charge is 0.462 e. The second-order valence-corrected chi connectivity index (χ2v) is 6.92. The van der Waals surface area contributed by atoms with Gasteiger partial charge < -0.3 is 9.47 Å². The zero-order valence-electron chi connectivity index (χ0n) is 17.0. The van der Waals surface area contributed by atoms with Crippen molar-refractivity contribution in [1.82, 2.24) is 0 Å². The molecule has 3 atom stereocenters. The van der Waals surface area contributed by atoms with Crippen LogP contribution in [0.15, 0.2) is 60.7 Å². The highest BCUT2D eigenvalue weighted by atomic mass is 16.5. The maximum atomic E-state index is 12.5. The van der Waals surface area contributed by atoms with E-state index < -0.39 is 0 Å². The average Bonchev–Trinajstić information content (AvgIpc) is 2.76. The predicted octanol–water partition coefficient (Wildman–Crippen LogP) is 5.53. The number of hydrogen-bond acceptors (Lipinski definition) is 4. The molecule has 2 rings (SSSR count). The number of carbonyl (C=O) groups excluding carboxylic acids is 2. The van der Waals surface area contributed by atoms with Crippen molar-refractivity contribution >= 4 is 11.9 Å². The molecule has 0 aliphatic rings. The van der Waals surface area contributed by atoms with Crippen LogP contribution in [0.1, 0.15) is 60.7 Å². The van der Waals surface area contributed by atoms with Gasteiger partial charge in [-0.2, -0.15) is 0 Å². The molecule has 3 unspecified atom stereocenters. The molecule has 0 aliphatic carbocycles. The van der Waals surface area contributed by atoms with E-state index in [0.717, 1.165) is 19.3 Å². The Hall–Kier alpha value is -2.62. The SMILES string of the molecule is CCC(COC(=O)c1ccccc1)C(CC)C(CC)OC(=O)c1ccccc1. The Morgan fingerprint density at radius 1 is 0.750 bits per heavy atom. The second-order valence-electron chi connectivity index (χ2n) is 6.92. The lowest BCUT2D eigenvalue weighted by atomic mass is 9.83. The first-order valence-electron chi connectivity index (χ1n) is 10.1. The Morgan fingerprint density at radius 2 is 1.29 bits per heavy atom. The van der Waals surface area contributed by atoms with E-state index in [1.54, 1.807) is 24.3 Å². The molecule has 2 aromatic rings. The molecule has 0 amide bonds. The van der Waals surface area contributed by atoms with E-state index in [4.69, 9.17) is 9.47 Å². The van der Waals surface area contributed by atoms with Gasteiger partial charge in [-0.15, -0.1) is 0 Å². The quantitative estimate of drug-likeness (QED) is 0.507. The number of carbonyl (C=O) groups is 2. The lowest BCUT2D eigenvalue weighted by molar-refractivity contribution is -0.0122. The van der Waals surface area contributed by atoms with Crippen LogP contribution in [-0.4, -0.2) is 24.6 Å². The van der Waals surface area contributed by atoms with Gasteiger partial charge in [0.25, 0.3) is 0 Å². The lowest BCUT2D eigenvalue weighted by Crippen LogP contribution is -2.34. The fourth-order valence-corrected chi connectivity index (χ4v) is 3.54. The van der Waals surface area contributed by atoms with E-state index in [1.165, 1.54) is 0 Å². The van der Waals surface area contributed by atoms with Crippen LogP contribution in [0.4, 0.5) is 0 Å². The van der Waals surface area contributed by atoms with Crippen molar-refractivity contribution in [3.05, 3.63) is 71.8 Å². The molecule has 4 nitrogen and oxygen atoms in total. The molecule has 2 aromatic carbocycles. The zero-order valence-corrected chi connectivity index (χ0v) is 17.0. The number of ether oxygens (including phenoxy) is 2. The van der Waals surface area contributed by atoms with Crippen molar-refractivity contribution in [2.75, 3.05) is 6.61 Å². The Bertz CT molecular complexity index is 727. The number of rotatable bonds is 10. The summed E-state index contributed by atoms with van der Waals surface area (Å²) in [6.07, 6.45) is 2.21. The van der Waals surface area contributed by atoms with Crippen molar-refractivity contribution in [3.8, 4) is 0 Å². The summed E-state index contributed by atoms with van der Waals surface area (Å²) in [4.78, 5) is 24.8. The first kappa shape index (κ1) is 21.7. The second kappa shape index (κ2) is 11.3. The van der Waals surface area contributed by atoms with Crippen molar-refractivity contribution in [2.45, 2.75) is 46.1 Å². The van der Waals surface area contributed by atoms with Crippen LogP contribution < -0.4 is 0 Å². The van der Waals surface area contributed by atoms with Gasteiger partial charge >= 0.3 is 11.9 Å². The molecule has 150 valence electrons. The minimum absolute atomic E-state index is 0.131. The molecule has 0 spiro atoms. The van der Waals surface area contributed by atoms with Crippen molar-refractivity contribution < 1.29 is 19.1 Å². The smallest absolute Gasteiger partial charge is 0.338 e. The molecule has 0 bridgehead atoms. The van der Waals surface area contributed by atoms with E-state index in [1.807, 2.05) is 43.3 Å². The number of esters is 2. The first-order valence-corrected chi connectivity index (χ1v) is 10.1. The topological polar surface area (TPSA) is 52.6 Å². The fraction of sp³-hybridized carbons (Fsp3) is 0.417. The summed E-state index contributed by atoms with van der Waals surface area (Å²) in [5.41, 5.74) is 1.10. The molecule has 0 heterocycles. The van der Waals surface area contributed by atoms with Gasteiger partial charge in [0, 0.05) is 5.92 Å². The predicted molar refractivity (Wildman–Crippen MR) is 110 cm³/mol. The van der Waals surface area contributed by atoms with Gasteiger partial charge in [0.15, 0.2) is 0 Å². The molecule has 0 saturated heterocycles. The van der Waals surface area contributed by atoms with Crippen molar-refractivity contribution in [1.29, 1.82) is 0 Å². The van der Waals surface area contributed by atoms with Crippen LogP contribution in [0, 0.1) is 11.8 Å². The zero-order chi connectivity index (χ0) is 20.4. The highest BCUT2D eigenvalue weighted by molar-refractivity contribution is 5.89. The standard InChI is InChI=1S/C24H30O4/c1-4-18(17-27-23(25)19-13-9-7-10-14-19)21(5-2)22(6-3)28-24(26)20-15-11-8-12-16-20/h7-16,18,21-22H,4-6,17H2,1-3H3. The lowest BCUT2D eigenvalue weighted by Gasteiger charge is -2.31.